The Morgan fingerprint density at radius 3 is 2.19 bits per heavy atom. The monoisotopic (exact) mass is 301 g/mol. The summed E-state index contributed by atoms with van der Waals surface area (Å²) in [5.41, 5.74) is -0.756. The van der Waals surface area contributed by atoms with E-state index in [0.29, 0.717) is 0 Å². The fourth-order valence-corrected chi connectivity index (χ4v) is 1.93. The average Bonchev–Trinajstić information content (AvgIpc) is 2.38. The van der Waals surface area contributed by atoms with Crippen molar-refractivity contribution in [2.45, 2.75) is 19.6 Å². The van der Waals surface area contributed by atoms with Gasteiger partial charge in [0.2, 0.25) is 0 Å². The first-order chi connectivity index (χ1) is 9.79. The van der Waals surface area contributed by atoms with Crippen molar-refractivity contribution in [1.29, 1.82) is 0 Å². The lowest BCUT2D eigenvalue weighted by atomic mass is 10.1. The van der Waals surface area contributed by atoms with Gasteiger partial charge in [0.15, 0.2) is 0 Å². The largest absolute Gasteiger partial charge is 0.416 e. The van der Waals surface area contributed by atoms with Crippen LogP contribution in [0.25, 0.3) is 0 Å². The van der Waals surface area contributed by atoms with Crippen LogP contribution < -0.4 is 5.32 Å². The molecule has 0 spiro atoms. The van der Waals surface area contributed by atoms with Crippen molar-refractivity contribution < 1.29 is 22.0 Å². The second kappa shape index (κ2) is 5.71. The predicted octanol–water partition coefficient (Wildman–Crippen LogP) is 4.90. The molecule has 1 nitrogen and oxygen atoms in total. The molecule has 6 heteroatoms. The summed E-state index contributed by atoms with van der Waals surface area (Å²) in [5.74, 6) is -1.49. The third kappa shape index (κ3) is 3.51. The van der Waals surface area contributed by atoms with Gasteiger partial charge in [-0.05, 0) is 36.8 Å². The van der Waals surface area contributed by atoms with Crippen molar-refractivity contribution in [2.24, 2.45) is 0 Å². The molecule has 0 saturated carbocycles. The molecule has 0 unspecified atom stereocenters. The van der Waals surface area contributed by atoms with Crippen LogP contribution in [0.1, 0.15) is 16.7 Å². The maximum absolute atomic E-state index is 13.4. The van der Waals surface area contributed by atoms with Crippen LogP contribution in [0.4, 0.5) is 27.6 Å². The molecule has 2 aromatic rings. The summed E-state index contributed by atoms with van der Waals surface area (Å²) in [7, 11) is 0. The SMILES string of the molecule is Cc1ccc(NCc2c(F)cccc2F)cc1C(F)(F)F. The first kappa shape index (κ1) is 15.3. The second-order valence-corrected chi connectivity index (χ2v) is 4.58. The van der Waals surface area contributed by atoms with Crippen molar-refractivity contribution in [3.63, 3.8) is 0 Å². The van der Waals surface area contributed by atoms with Crippen LogP contribution >= 0.6 is 0 Å². The summed E-state index contributed by atoms with van der Waals surface area (Å²) < 4.78 is 65.2. The van der Waals surface area contributed by atoms with Gasteiger partial charge >= 0.3 is 6.18 Å². The van der Waals surface area contributed by atoms with Crippen LogP contribution in [-0.4, -0.2) is 0 Å². The lowest BCUT2D eigenvalue weighted by Crippen LogP contribution is -2.09. The minimum Gasteiger partial charge on any atom is -0.381 e. The molecule has 0 bridgehead atoms. The van der Waals surface area contributed by atoms with Crippen LogP contribution in [0, 0.1) is 18.6 Å². The number of alkyl halides is 3. The molecule has 0 aliphatic heterocycles. The third-order valence-corrected chi connectivity index (χ3v) is 3.07. The number of hydrogen-bond donors (Lipinski definition) is 1. The molecular weight excluding hydrogens is 289 g/mol. The molecule has 0 heterocycles. The van der Waals surface area contributed by atoms with Gasteiger partial charge in [-0.25, -0.2) is 8.78 Å². The van der Waals surface area contributed by atoms with Crippen LogP contribution in [0.3, 0.4) is 0 Å². The quantitative estimate of drug-likeness (QED) is 0.795. The number of rotatable bonds is 3. The first-order valence-electron chi connectivity index (χ1n) is 6.13. The number of halogens is 5. The van der Waals surface area contributed by atoms with Crippen LogP contribution in [0.15, 0.2) is 36.4 Å². The van der Waals surface area contributed by atoms with E-state index in [9.17, 15) is 22.0 Å². The Hall–Kier alpha value is -2.11. The summed E-state index contributed by atoms with van der Waals surface area (Å²) in [4.78, 5) is 0. The molecule has 0 amide bonds. The van der Waals surface area contributed by atoms with Crippen molar-refractivity contribution in [3.8, 4) is 0 Å². The average molecular weight is 301 g/mol. The Bertz CT molecular complexity index is 629. The van der Waals surface area contributed by atoms with Crippen molar-refractivity contribution in [2.75, 3.05) is 5.32 Å². The van der Waals surface area contributed by atoms with Crippen LogP contribution in [-0.2, 0) is 12.7 Å². The van der Waals surface area contributed by atoms with Gasteiger partial charge in [0.1, 0.15) is 11.6 Å². The maximum Gasteiger partial charge on any atom is 0.416 e. The standard InChI is InChI=1S/C15H12F5N/c1-9-5-6-10(7-12(9)15(18,19)20)21-8-11-13(16)3-2-4-14(11)17/h2-7,21H,8H2,1H3. The van der Waals surface area contributed by atoms with Gasteiger partial charge in [0, 0.05) is 17.8 Å². The van der Waals surface area contributed by atoms with E-state index in [2.05, 4.69) is 5.32 Å². The minimum atomic E-state index is -4.47. The van der Waals surface area contributed by atoms with Crippen LogP contribution in [0.2, 0.25) is 0 Å². The second-order valence-electron chi connectivity index (χ2n) is 4.58. The van der Waals surface area contributed by atoms with E-state index >= 15 is 0 Å². The minimum absolute atomic E-state index is 0.0881. The van der Waals surface area contributed by atoms with E-state index in [1.54, 1.807) is 0 Å². The highest BCUT2D eigenvalue weighted by Gasteiger charge is 2.32. The molecule has 2 aromatic carbocycles. The first-order valence-corrected chi connectivity index (χ1v) is 6.13. The summed E-state index contributed by atoms with van der Waals surface area (Å²) in [6, 6.07) is 7.08. The van der Waals surface area contributed by atoms with Crippen molar-refractivity contribution in [1.82, 2.24) is 0 Å². The van der Waals surface area contributed by atoms with Crippen molar-refractivity contribution >= 4 is 5.69 Å². The number of aryl methyl sites for hydroxylation is 1. The normalized spacial score (nSPS) is 11.5. The third-order valence-electron chi connectivity index (χ3n) is 3.07. The van der Waals surface area contributed by atoms with Crippen molar-refractivity contribution in [3.05, 3.63) is 64.7 Å². The Morgan fingerprint density at radius 1 is 1.00 bits per heavy atom. The van der Waals surface area contributed by atoms with Gasteiger partial charge in [-0.2, -0.15) is 13.2 Å². The lowest BCUT2D eigenvalue weighted by molar-refractivity contribution is -0.138. The fraction of sp³-hybridized carbons (Fsp3) is 0.200. The maximum atomic E-state index is 13.4. The van der Waals surface area contributed by atoms with Gasteiger partial charge in [-0.15, -0.1) is 0 Å². The summed E-state index contributed by atoms with van der Waals surface area (Å²) in [5, 5.41) is 2.60. The Kier molecular flexibility index (Phi) is 4.16. The van der Waals surface area contributed by atoms with E-state index in [-0.39, 0.29) is 23.4 Å². The molecule has 0 radical (unpaired) electrons. The summed E-state index contributed by atoms with van der Waals surface area (Å²) in [6.45, 7) is 1.11. The molecule has 0 aliphatic carbocycles. The van der Waals surface area contributed by atoms with Gasteiger partial charge in [-0.1, -0.05) is 12.1 Å². The Labute approximate surface area is 118 Å². The zero-order valence-electron chi connectivity index (χ0n) is 11.1. The molecule has 0 fully saturated rings. The number of benzene rings is 2. The number of hydrogen-bond acceptors (Lipinski definition) is 1. The van der Waals surface area contributed by atoms with Gasteiger partial charge in [0.25, 0.3) is 0 Å². The molecule has 1 N–H and O–H groups in total. The molecule has 21 heavy (non-hydrogen) atoms. The fourth-order valence-electron chi connectivity index (χ4n) is 1.93. The zero-order chi connectivity index (χ0) is 15.6. The number of nitrogens with one attached hydrogen (secondary N) is 1. The van der Waals surface area contributed by atoms with Crippen LogP contribution in [0.5, 0.6) is 0 Å². The Balaban J connectivity index is 2.22. The predicted molar refractivity (Wildman–Crippen MR) is 69.9 cm³/mol. The Morgan fingerprint density at radius 2 is 1.62 bits per heavy atom. The number of anilines is 1. The van der Waals surface area contributed by atoms with E-state index in [1.807, 2.05) is 0 Å². The van der Waals surface area contributed by atoms with Gasteiger partial charge in [0.05, 0.1) is 5.56 Å². The smallest absolute Gasteiger partial charge is 0.381 e. The van der Waals surface area contributed by atoms with E-state index < -0.39 is 23.4 Å². The molecule has 2 rings (SSSR count). The highest BCUT2D eigenvalue weighted by molar-refractivity contribution is 5.49. The molecule has 0 atom stereocenters. The molecule has 0 aromatic heterocycles. The van der Waals surface area contributed by atoms with E-state index in [0.717, 1.165) is 18.2 Å². The molecule has 0 aliphatic rings. The lowest BCUT2D eigenvalue weighted by Gasteiger charge is -2.14. The van der Waals surface area contributed by atoms with Gasteiger partial charge in [-0.3, -0.25) is 0 Å². The summed E-state index contributed by atoms with van der Waals surface area (Å²) in [6.07, 6.45) is -4.47. The molecule has 112 valence electrons. The van der Waals surface area contributed by atoms with Gasteiger partial charge < -0.3 is 5.32 Å². The highest BCUT2D eigenvalue weighted by atomic mass is 19.4. The van der Waals surface area contributed by atoms with E-state index in [1.165, 1.54) is 25.1 Å². The zero-order valence-corrected chi connectivity index (χ0v) is 11.1. The highest BCUT2D eigenvalue weighted by Crippen LogP contribution is 2.33. The topological polar surface area (TPSA) is 12.0 Å². The molecular formula is C15H12F5N. The molecule has 0 saturated heterocycles. The van der Waals surface area contributed by atoms with E-state index in [4.69, 9.17) is 0 Å². The summed E-state index contributed by atoms with van der Waals surface area (Å²) >= 11 is 0.